The summed E-state index contributed by atoms with van der Waals surface area (Å²) in [6.07, 6.45) is 1.98. The van der Waals surface area contributed by atoms with Crippen molar-refractivity contribution >= 4 is 33.8 Å². The third kappa shape index (κ3) is 3.45. The molecule has 0 spiro atoms. The highest BCUT2D eigenvalue weighted by Gasteiger charge is 2.50. The van der Waals surface area contributed by atoms with Gasteiger partial charge in [0, 0.05) is 11.8 Å². The van der Waals surface area contributed by atoms with Crippen LogP contribution in [0.4, 0.5) is 4.79 Å². The van der Waals surface area contributed by atoms with E-state index in [2.05, 4.69) is 15.9 Å². The SMILES string of the molecule is CC(=O)N1CC(=O)N(C(=O)OC(C)(C)C)[C@@H]2[C@H](Br)CCC[C@@H]21. The van der Waals surface area contributed by atoms with Crippen LogP contribution in [0, 0.1) is 0 Å². The van der Waals surface area contributed by atoms with Crippen LogP contribution in [0.5, 0.6) is 0 Å². The van der Waals surface area contributed by atoms with Gasteiger partial charge in [0.1, 0.15) is 12.1 Å². The second-order valence-corrected chi connectivity index (χ2v) is 8.07. The highest BCUT2D eigenvalue weighted by molar-refractivity contribution is 9.09. The van der Waals surface area contributed by atoms with Crippen LogP contribution in [0.1, 0.15) is 47.0 Å². The molecule has 3 atom stereocenters. The van der Waals surface area contributed by atoms with Crippen LogP contribution in [0.2, 0.25) is 0 Å². The number of piperazine rings is 1. The molecule has 1 heterocycles. The molecule has 0 aromatic rings. The Morgan fingerprint density at radius 3 is 2.45 bits per heavy atom. The molecule has 1 aliphatic heterocycles. The van der Waals surface area contributed by atoms with Gasteiger partial charge in [-0.2, -0.15) is 0 Å². The van der Waals surface area contributed by atoms with Crippen molar-refractivity contribution in [1.82, 2.24) is 9.80 Å². The first-order valence-corrected chi connectivity index (χ1v) is 8.49. The minimum atomic E-state index is -0.666. The van der Waals surface area contributed by atoms with Gasteiger partial charge >= 0.3 is 6.09 Å². The normalized spacial score (nSPS) is 29.1. The zero-order valence-corrected chi connectivity index (χ0v) is 15.1. The number of imide groups is 1. The maximum atomic E-state index is 12.5. The van der Waals surface area contributed by atoms with Crippen molar-refractivity contribution in [1.29, 1.82) is 0 Å². The molecule has 0 aromatic carbocycles. The molecule has 124 valence electrons. The van der Waals surface area contributed by atoms with Crippen molar-refractivity contribution in [2.75, 3.05) is 6.54 Å². The molecule has 0 aromatic heterocycles. The van der Waals surface area contributed by atoms with Gasteiger partial charge in [-0.25, -0.2) is 9.69 Å². The summed E-state index contributed by atoms with van der Waals surface area (Å²) < 4.78 is 5.38. The minimum absolute atomic E-state index is 0.0233. The summed E-state index contributed by atoms with van der Waals surface area (Å²) in [7, 11) is 0. The van der Waals surface area contributed by atoms with Crippen LogP contribution in [0.3, 0.4) is 0 Å². The van der Waals surface area contributed by atoms with E-state index in [9.17, 15) is 14.4 Å². The zero-order chi connectivity index (χ0) is 16.7. The van der Waals surface area contributed by atoms with E-state index in [0.717, 1.165) is 19.3 Å². The monoisotopic (exact) mass is 374 g/mol. The van der Waals surface area contributed by atoms with Crippen LogP contribution < -0.4 is 0 Å². The Labute approximate surface area is 139 Å². The van der Waals surface area contributed by atoms with Gasteiger partial charge in [-0.1, -0.05) is 22.4 Å². The molecule has 0 unspecified atom stereocenters. The highest BCUT2D eigenvalue weighted by Crippen LogP contribution is 2.35. The maximum absolute atomic E-state index is 12.5. The second-order valence-electron chi connectivity index (χ2n) is 6.90. The van der Waals surface area contributed by atoms with Gasteiger partial charge in [-0.15, -0.1) is 0 Å². The van der Waals surface area contributed by atoms with Gasteiger partial charge < -0.3 is 9.64 Å². The Morgan fingerprint density at radius 1 is 1.27 bits per heavy atom. The first-order valence-electron chi connectivity index (χ1n) is 7.58. The zero-order valence-electron chi connectivity index (χ0n) is 13.5. The summed E-state index contributed by atoms with van der Waals surface area (Å²) >= 11 is 3.58. The topological polar surface area (TPSA) is 66.9 Å². The largest absolute Gasteiger partial charge is 0.443 e. The lowest BCUT2D eigenvalue weighted by molar-refractivity contribution is -0.152. The average molecular weight is 375 g/mol. The van der Waals surface area contributed by atoms with Crippen LogP contribution >= 0.6 is 15.9 Å². The number of rotatable bonds is 0. The molecule has 2 fully saturated rings. The molecule has 6 nitrogen and oxygen atoms in total. The van der Waals surface area contributed by atoms with Gasteiger partial charge in [0.25, 0.3) is 5.91 Å². The molecule has 3 amide bonds. The molecule has 2 rings (SSSR count). The summed E-state index contributed by atoms with van der Waals surface area (Å²) in [6.45, 7) is 6.71. The lowest BCUT2D eigenvalue weighted by Gasteiger charge is -2.49. The number of ether oxygens (including phenoxy) is 1. The number of carbonyl (C=O) groups excluding carboxylic acids is 3. The Hall–Kier alpha value is -1.11. The highest BCUT2D eigenvalue weighted by atomic mass is 79.9. The molecule has 0 N–H and O–H groups in total. The molecule has 22 heavy (non-hydrogen) atoms. The van der Waals surface area contributed by atoms with E-state index in [-0.39, 0.29) is 35.3 Å². The van der Waals surface area contributed by atoms with Crippen molar-refractivity contribution < 1.29 is 19.1 Å². The molecule has 0 bridgehead atoms. The van der Waals surface area contributed by atoms with Crippen molar-refractivity contribution in [2.24, 2.45) is 0 Å². The predicted octanol–water partition coefficient (Wildman–Crippen LogP) is 2.30. The molecular weight excluding hydrogens is 352 g/mol. The number of hydrogen-bond donors (Lipinski definition) is 0. The van der Waals surface area contributed by atoms with E-state index in [1.54, 1.807) is 25.7 Å². The Balaban J connectivity index is 2.31. The van der Waals surface area contributed by atoms with E-state index < -0.39 is 11.7 Å². The van der Waals surface area contributed by atoms with Crippen LogP contribution in [-0.2, 0) is 14.3 Å². The van der Waals surface area contributed by atoms with Gasteiger partial charge in [0.15, 0.2) is 0 Å². The van der Waals surface area contributed by atoms with E-state index in [4.69, 9.17) is 4.74 Å². The molecule has 0 radical (unpaired) electrons. The summed E-state index contributed by atoms with van der Waals surface area (Å²) in [5.74, 6) is -0.508. The Morgan fingerprint density at radius 2 is 1.91 bits per heavy atom. The standard InChI is InChI=1S/C15H23BrN2O4/c1-9(19)17-8-12(20)18(14(21)22-15(2,3)4)13-10(16)6-5-7-11(13)17/h10-11,13H,5-8H2,1-4H3/t10-,11+,13-/m1/s1. The van der Waals surface area contributed by atoms with Gasteiger partial charge in [-0.05, 0) is 33.6 Å². The number of amides is 3. The molecule has 1 saturated carbocycles. The minimum Gasteiger partial charge on any atom is -0.443 e. The quantitative estimate of drug-likeness (QED) is 0.610. The number of halogens is 1. The van der Waals surface area contributed by atoms with E-state index in [0.29, 0.717) is 0 Å². The summed E-state index contributed by atoms with van der Waals surface area (Å²) in [5, 5.41) is 0. The van der Waals surface area contributed by atoms with Crippen molar-refractivity contribution in [3.63, 3.8) is 0 Å². The fourth-order valence-corrected chi connectivity index (χ4v) is 4.08. The lowest BCUT2D eigenvalue weighted by atomic mass is 9.86. The maximum Gasteiger partial charge on any atom is 0.417 e. The van der Waals surface area contributed by atoms with Crippen LogP contribution in [0.25, 0.3) is 0 Å². The van der Waals surface area contributed by atoms with Crippen LogP contribution in [-0.4, -0.2) is 56.8 Å². The summed E-state index contributed by atoms with van der Waals surface area (Å²) in [5.41, 5.74) is -0.666. The predicted molar refractivity (Wildman–Crippen MR) is 84.6 cm³/mol. The van der Waals surface area contributed by atoms with E-state index in [1.165, 1.54) is 11.8 Å². The van der Waals surface area contributed by atoms with Gasteiger partial charge in [0.2, 0.25) is 5.91 Å². The fraction of sp³-hybridized carbons (Fsp3) is 0.800. The lowest BCUT2D eigenvalue weighted by Crippen LogP contribution is -2.68. The number of nitrogens with zero attached hydrogens (tertiary/aromatic N) is 2. The van der Waals surface area contributed by atoms with Crippen molar-refractivity contribution in [3.05, 3.63) is 0 Å². The van der Waals surface area contributed by atoms with Crippen molar-refractivity contribution in [2.45, 2.75) is 69.5 Å². The first kappa shape index (κ1) is 17.2. The van der Waals surface area contributed by atoms with E-state index in [1.807, 2.05) is 0 Å². The second kappa shape index (κ2) is 6.18. The smallest absolute Gasteiger partial charge is 0.417 e. The van der Waals surface area contributed by atoms with Gasteiger partial charge in [-0.3, -0.25) is 9.59 Å². The molecule has 2 aliphatic rings. The fourth-order valence-electron chi connectivity index (χ4n) is 3.16. The molecular formula is C15H23BrN2O4. The average Bonchev–Trinajstić information content (AvgIpc) is 2.36. The number of alkyl halides is 1. The third-order valence-corrected chi connectivity index (χ3v) is 5.01. The first-order chi connectivity index (χ1) is 10.1. The Bertz CT molecular complexity index is 488. The summed E-state index contributed by atoms with van der Waals surface area (Å²) in [6, 6.07) is -0.505. The third-order valence-electron chi connectivity index (χ3n) is 4.01. The molecule has 7 heteroatoms. The number of fused-ring (bicyclic) bond motifs is 1. The van der Waals surface area contributed by atoms with E-state index >= 15 is 0 Å². The van der Waals surface area contributed by atoms with Crippen LogP contribution in [0.15, 0.2) is 0 Å². The Kier molecular flexibility index (Phi) is 4.84. The number of carbonyl (C=O) groups is 3. The number of hydrogen-bond acceptors (Lipinski definition) is 4. The molecule has 1 saturated heterocycles. The molecule has 1 aliphatic carbocycles. The summed E-state index contributed by atoms with van der Waals surface area (Å²) in [4.78, 5) is 39.5. The van der Waals surface area contributed by atoms with Crippen molar-refractivity contribution in [3.8, 4) is 0 Å². The van der Waals surface area contributed by atoms with Gasteiger partial charge in [0.05, 0.1) is 12.1 Å².